The number of ether oxygens (including phenoxy) is 2. The average Bonchev–Trinajstić information content (AvgIpc) is 3.04. The summed E-state index contributed by atoms with van der Waals surface area (Å²) in [5.74, 6) is 0.907. The molecule has 0 unspecified atom stereocenters. The Morgan fingerprint density at radius 2 is 2.07 bits per heavy atom. The highest BCUT2D eigenvalue weighted by Gasteiger charge is 2.24. The van der Waals surface area contributed by atoms with Gasteiger partial charge in [-0.05, 0) is 26.0 Å². The normalized spacial score (nSPS) is 15.2. The summed E-state index contributed by atoms with van der Waals surface area (Å²) >= 11 is 0. The van der Waals surface area contributed by atoms with E-state index >= 15 is 0 Å². The molecule has 1 aliphatic heterocycles. The lowest BCUT2D eigenvalue weighted by atomic mass is 10.1. The molecule has 7 nitrogen and oxygen atoms in total. The van der Waals surface area contributed by atoms with E-state index in [1.165, 1.54) is 11.7 Å². The van der Waals surface area contributed by atoms with Gasteiger partial charge in [-0.3, -0.25) is 9.59 Å². The van der Waals surface area contributed by atoms with Crippen molar-refractivity contribution in [2.24, 2.45) is 7.05 Å². The molecule has 1 aliphatic rings. The molecule has 1 aromatic heterocycles. The maximum Gasteiger partial charge on any atom is 0.276 e. The van der Waals surface area contributed by atoms with Gasteiger partial charge < -0.3 is 14.8 Å². The molecule has 0 spiro atoms. The third kappa shape index (κ3) is 3.09. The Hall–Kier alpha value is -3.35. The average molecular weight is 379 g/mol. The minimum atomic E-state index is -0.418. The lowest BCUT2D eigenvalue weighted by Gasteiger charge is -2.14. The maximum absolute atomic E-state index is 13.0. The van der Waals surface area contributed by atoms with Crippen LogP contribution >= 0.6 is 0 Å². The van der Waals surface area contributed by atoms with Crippen LogP contribution in [0.2, 0.25) is 0 Å². The van der Waals surface area contributed by atoms with Gasteiger partial charge in [-0.1, -0.05) is 18.2 Å². The molecule has 144 valence electrons. The van der Waals surface area contributed by atoms with Gasteiger partial charge in [-0.15, -0.1) is 0 Å². The molecule has 1 amide bonds. The van der Waals surface area contributed by atoms with Crippen LogP contribution < -0.4 is 20.3 Å². The molecule has 7 heteroatoms. The topological polar surface area (TPSA) is 82.5 Å². The van der Waals surface area contributed by atoms with Crippen LogP contribution in [0.5, 0.6) is 11.5 Å². The summed E-state index contributed by atoms with van der Waals surface area (Å²) in [6.07, 6.45) is 0.890. The van der Waals surface area contributed by atoms with Gasteiger partial charge in [-0.2, -0.15) is 5.10 Å². The van der Waals surface area contributed by atoms with E-state index in [-0.39, 0.29) is 17.4 Å². The van der Waals surface area contributed by atoms with E-state index in [2.05, 4.69) is 10.4 Å². The van der Waals surface area contributed by atoms with Crippen LogP contribution in [0.1, 0.15) is 29.9 Å². The first kappa shape index (κ1) is 18.0. The number of hydrogen-bond acceptors (Lipinski definition) is 5. The highest BCUT2D eigenvalue weighted by Crippen LogP contribution is 2.38. The van der Waals surface area contributed by atoms with Crippen LogP contribution in [-0.4, -0.2) is 28.4 Å². The van der Waals surface area contributed by atoms with Crippen molar-refractivity contribution in [2.75, 3.05) is 11.9 Å². The molecule has 1 atom stereocenters. The Morgan fingerprint density at radius 3 is 2.82 bits per heavy atom. The molecule has 1 N–H and O–H groups in total. The van der Waals surface area contributed by atoms with Crippen molar-refractivity contribution >= 4 is 22.4 Å². The minimum Gasteiger partial charge on any atom is -0.492 e. The molecule has 28 heavy (non-hydrogen) atoms. The van der Waals surface area contributed by atoms with E-state index in [4.69, 9.17) is 9.47 Å². The number of carbonyl (C=O) groups excluding carboxylic acids is 1. The molecule has 0 bridgehead atoms. The van der Waals surface area contributed by atoms with E-state index in [1.54, 1.807) is 30.3 Å². The van der Waals surface area contributed by atoms with Crippen molar-refractivity contribution in [2.45, 2.75) is 26.4 Å². The molecule has 0 fully saturated rings. The predicted molar refractivity (Wildman–Crippen MR) is 106 cm³/mol. The summed E-state index contributed by atoms with van der Waals surface area (Å²) in [4.78, 5) is 25.3. The number of aromatic nitrogens is 2. The maximum atomic E-state index is 13.0. The third-order valence-corrected chi connectivity index (χ3v) is 4.72. The highest BCUT2D eigenvalue weighted by molar-refractivity contribution is 6.11. The van der Waals surface area contributed by atoms with Gasteiger partial charge in [0.05, 0.1) is 17.7 Å². The first-order valence-corrected chi connectivity index (χ1v) is 9.21. The zero-order chi connectivity index (χ0) is 19.8. The van der Waals surface area contributed by atoms with Crippen molar-refractivity contribution in [1.29, 1.82) is 0 Å². The Labute approximate surface area is 161 Å². The van der Waals surface area contributed by atoms with Crippen molar-refractivity contribution < 1.29 is 14.3 Å². The summed E-state index contributed by atoms with van der Waals surface area (Å²) in [5, 5.41) is 8.00. The smallest absolute Gasteiger partial charge is 0.276 e. The van der Waals surface area contributed by atoms with Gasteiger partial charge in [-0.25, -0.2) is 4.68 Å². The molecule has 0 saturated heterocycles. The zero-order valence-electron chi connectivity index (χ0n) is 16.0. The van der Waals surface area contributed by atoms with Gasteiger partial charge in [0.25, 0.3) is 11.5 Å². The van der Waals surface area contributed by atoms with Crippen LogP contribution in [-0.2, 0) is 13.5 Å². The first-order valence-electron chi connectivity index (χ1n) is 9.21. The fourth-order valence-electron chi connectivity index (χ4n) is 3.46. The van der Waals surface area contributed by atoms with Crippen molar-refractivity contribution in [3.8, 4) is 11.5 Å². The van der Waals surface area contributed by atoms with E-state index in [9.17, 15) is 9.59 Å². The molecular weight excluding hydrogens is 358 g/mol. The number of hydrogen-bond donors (Lipinski definition) is 1. The number of fused-ring (bicyclic) bond motifs is 2. The molecule has 0 saturated carbocycles. The Bertz CT molecular complexity index is 1140. The second-order valence-electron chi connectivity index (χ2n) is 6.80. The summed E-state index contributed by atoms with van der Waals surface area (Å²) in [6.45, 7) is 4.36. The van der Waals surface area contributed by atoms with Crippen molar-refractivity contribution in [3.63, 3.8) is 0 Å². The van der Waals surface area contributed by atoms with E-state index in [0.717, 1.165) is 17.7 Å². The zero-order valence-corrected chi connectivity index (χ0v) is 16.0. The lowest BCUT2D eigenvalue weighted by Crippen LogP contribution is -2.25. The number of nitrogens with one attached hydrogen (secondary N) is 1. The Kier molecular flexibility index (Phi) is 4.50. The molecule has 0 aliphatic carbocycles. The standard InChI is InChI=1S/C21H21N3O4/c1-4-27-18-10-13-9-12(2)28-17(13)11-16(18)22-20(25)19-14-7-5-6-8-15(14)21(26)24(3)23-19/h5-8,10-12H,4,9H2,1-3H3,(H,22,25)/t12-/m0/s1. The number of carbonyl (C=O) groups is 1. The second kappa shape index (κ2) is 6.99. The number of aryl methyl sites for hydroxylation is 1. The Balaban J connectivity index is 1.76. The van der Waals surface area contributed by atoms with Crippen LogP contribution in [0.15, 0.2) is 41.2 Å². The van der Waals surface area contributed by atoms with E-state index in [0.29, 0.717) is 28.8 Å². The molecule has 3 aromatic rings. The first-order chi connectivity index (χ1) is 13.5. The van der Waals surface area contributed by atoms with Gasteiger partial charge >= 0.3 is 0 Å². The summed E-state index contributed by atoms with van der Waals surface area (Å²) in [5.41, 5.74) is 1.50. The van der Waals surface area contributed by atoms with Crippen LogP contribution in [0.25, 0.3) is 10.8 Å². The van der Waals surface area contributed by atoms with E-state index in [1.807, 2.05) is 19.9 Å². The monoisotopic (exact) mass is 379 g/mol. The van der Waals surface area contributed by atoms with Crippen molar-refractivity contribution in [3.05, 3.63) is 58.0 Å². The quantitative estimate of drug-likeness (QED) is 0.754. The van der Waals surface area contributed by atoms with E-state index < -0.39 is 5.91 Å². The molecule has 2 heterocycles. The predicted octanol–water partition coefficient (Wildman–Crippen LogP) is 2.91. The highest BCUT2D eigenvalue weighted by atomic mass is 16.5. The molecule has 0 radical (unpaired) electrons. The molecule has 4 rings (SSSR count). The summed E-state index contributed by atoms with van der Waals surface area (Å²) in [7, 11) is 1.53. The van der Waals surface area contributed by atoms with Gasteiger partial charge in [0.2, 0.25) is 0 Å². The van der Waals surface area contributed by atoms with Gasteiger partial charge in [0.15, 0.2) is 5.69 Å². The minimum absolute atomic E-state index is 0.0877. The summed E-state index contributed by atoms with van der Waals surface area (Å²) < 4.78 is 12.7. The lowest BCUT2D eigenvalue weighted by molar-refractivity contribution is 0.102. The van der Waals surface area contributed by atoms with Gasteiger partial charge in [0.1, 0.15) is 17.6 Å². The second-order valence-corrected chi connectivity index (χ2v) is 6.80. The largest absolute Gasteiger partial charge is 0.492 e. The number of anilines is 1. The molecule has 2 aromatic carbocycles. The number of benzene rings is 2. The van der Waals surface area contributed by atoms with Crippen molar-refractivity contribution in [1.82, 2.24) is 9.78 Å². The fraction of sp³-hybridized carbons (Fsp3) is 0.286. The fourth-order valence-corrected chi connectivity index (χ4v) is 3.46. The third-order valence-electron chi connectivity index (χ3n) is 4.72. The number of amides is 1. The van der Waals surface area contributed by atoms with Crippen LogP contribution in [0.3, 0.4) is 0 Å². The number of rotatable bonds is 4. The Morgan fingerprint density at radius 1 is 1.32 bits per heavy atom. The summed E-state index contributed by atoms with van der Waals surface area (Å²) in [6, 6.07) is 10.6. The SMILES string of the molecule is CCOc1cc2c(cc1NC(=O)c1nn(C)c(=O)c3ccccc13)O[C@@H](C)C2. The van der Waals surface area contributed by atoms with Crippen LogP contribution in [0.4, 0.5) is 5.69 Å². The van der Waals surface area contributed by atoms with Crippen LogP contribution in [0, 0.1) is 0 Å². The molecular formula is C21H21N3O4. The van der Waals surface area contributed by atoms with Gasteiger partial charge in [0, 0.05) is 30.5 Å². The number of nitrogens with zero attached hydrogens (tertiary/aromatic N) is 2.